The first-order chi connectivity index (χ1) is 11.5. The van der Waals surface area contributed by atoms with Crippen molar-refractivity contribution in [3.05, 3.63) is 53.5 Å². The molecule has 0 aliphatic heterocycles. The number of hydrogen-bond donors (Lipinski definition) is 2. The Labute approximate surface area is 138 Å². The van der Waals surface area contributed by atoms with E-state index in [0.29, 0.717) is 39.3 Å². The molecular formula is C18H17FN2O3. The number of amides is 1. The number of rotatable bonds is 4. The Balaban J connectivity index is 2.00. The summed E-state index contributed by atoms with van der Waals surface area (Å²) < 4.78 is 23.8. The molecule has 1 amide bonds. The number of fused-ring (bicyclic) bond motifs is 1. The molecule has 0 unspecified atom stereocenters. The standard InChI is InChI=1S/C18H17FN2O3/c1-10-17(13-6-4-11(19)8-14(13)20-10)18(22)21-15-9-12(23-2)5-7-16(15)24-3/h4-9,20H,1-3H3,(H,21,22). The van der Waals surface area contributed by atoms with Crippen molar-refractivity contribution >= 4 is 22.5 Å². The molecule has 0 saturated carbocycles. The highest BCUT2D eigenvalue weighted by Gasteiger charge is 2.18. The molecule has 0 spiro atoms. The highest BCUT2D eigenvalue weighted by molar-refractivity contribution is 6.14. The van der Waals surface area contributed by atoms with Crippen molar-refractivity contribution < 1.29 is 18.7 Å². The maximum atomic E-state index is 13.4. The van der Waals surface area contributed by atoms with Crippen LogP contribution in [0.25, 0.3) is 10.9 Å². The molecule has 0 atom stereocenters. The van der Waals surface area contributed by atoms with Gasteiger partial charge in [0, 0.05) is 22.7 Å². The van der Waals surface area contributed by atoms with Crippen LogP contribution in [0.4, 0.5) is 10.1 Å². The lowest BCUT2D eigenvalue weighted by Crippen LogP contribution is -2.13. The van der Waals surface area contributed by atoms with Gasteiger partial charge in [0.05, 0.1) is 25.5 Å². The van der Waals surface area contributed by atoms with Gasteiger partial charge in [-0.3, -0.25) is 4.79 Å². The minimum absolute atomic E-state index is 0.308. The van der Waals surface area contributed by atoms with E-state index in [1.165, 1.54) is 19.2 Å². The lowest BCUT2D eigenvalue weighted by Gasteiger charge is -2.12. The SMILES string of the molecule is COc1ccc(OC)c(NC(=O)c2c(C)[nH]c3cc(F)ccc23)c1. The third-order valence-electron chi connectivity index (χ3n) is 3.83. The lowest BCUT2D eigenvalue weighted by atomic mass is 10.1. The summed E-state index contributed by atoms with van der Waals surface area (Å²) in [5, 5.41) is 3.49. The summed E-state index contributed by atoms with van der Waals surface area (Å²) in [5.74, 6) is 0.457. The molecule has 0 saturated heterocycles. The number of halogens is 1. The predicted octanol–water partition coefficient (Wildman–Crippen LogP) is 3.88. The van der Waals surface area contributed by atoms with Crippen LogP contribution in [0.15, 0.2) is 36.4 Å². The number of aromatic amines is 1. The number of aromatic nitrogens is 1. The maximum Gasteiger partial charge on any atom is 0.258 e. The van der Waals surface area contributed by atoms with E-state index >= 15 is 0 Å². The van der Waals surface area contributed by atoms with Gasteiger partial charge in [-0.1, -0.05) is 0 Å². The normalized spacial score (nSPS) is 10.7. The number of carbonyl (C=O) groups excluding carboxylic acids is 1. The third kappa shape index (κ3) is 2.78. The Bertz CT molecular complexity index is 918. The van der Waals surface area contributed by atoms with Crippen molar-refractivity contribution in [1.29, 1.82) is 0 Å². The van der Waals surface area contributed by atoms with Gasteiger partial charge in [0.1, 0.15) is 17.3 Å². The first kappa shape index (κ1) is 15.9. The topological polar surface area (TPSA) is 63.4 Å². The average Bonchev–Trinajstić information content (AvgIpc) is 2.89. The zero-order valence-electron chi connectivity index (χ0n) is 13.6. The van der Waals surface area contributed by atoms with Gasteiger partial charge in [-0.05, 0) is 37.3 Å². The second kappa shape index (κ2) is 6.23. The Morgan fingerprint density at radius 1 is 1.12 bits per heavy atom. The molecule has 2 N–H and O–H groups in total. The van der Waals surface area contributed by atoms with Crippen molar-refractivity contribution in [2.24, 2.45) is 0 Å². The van der Waals surface area contributed by atoms with Gasteiger partial charge in [-0.15, -0.1) is 0 Å². The Morgan fingerprint density at radius 3 is 2.62 bits per heavy atom. The van der Waals surface area contributed by atoms with Crippen molar-refractivity contribution in [2.45, 2.75) is 6.92 Å². The van der Waals surface area contributed by atoms with Crippen molar-refractivity contribution in [3.63, 3.8) is 0 Å². The Morgan fingerprint density at radius 2 is 1.92 bits per heavy atom. The van der Waals surface area contributed by atoms with Crippen LogP contribution in [0, 0.1) is 12.7 Å². The first-order valence-corrected chi connectivity index (χ1v) is 7.34. The molecule has 6 heteroatoms. The van der Waals surface area contributed by atoms with E-state index in [4.69, 9.17) is 9.47 Å². The average molecular weight is 328 g/mol. The molecule has 1 heterocycles. The van der Waals surface area contributed by atoms with Crippen molar-refractivity contribution in [1.82, 2.24) is 4.98 Å². The molecular weight excluding hydrogens is 311 g/mol. The summed E-state index contributed by atoms with van der Waals surface area (Å²) in [5.41, 5.74) is 2.21. The van der Waals surface area contributed by atoms with Crippen LogP contribution >= 0.6 is 0 Å². The minimum Gasteiger partial charge on any atom is -0.497 e. The van der Waals surface area contributed by atoms with E-state index in [0.717, 1.165) is 0 Å². The van der Waals surface area contributed by atoms with Gasteiger partial charge in [-0.25, -0.2) is 4.39 Å². The predicted molar refractivity (Wildman–Crippen MR) is 90.5 cm³/mol. The fraction of sp³-hybridized carbons (Fsp3) is 0.167. The van der Waals surface area contributed by atoms with E-state index in [9.17, 15) is 9.18 Å². The summed E-state index contributed by atoms with van der Waals surface area (Å²) in [4.78, 5) is 15.8. The smallest absolute Gasteiger partial charge is 0.258 e. The summed E-state index contributed by atoms with van der Waals surface area (Å²) in [6.07, 6.45) is 0. The van der Waals surface area contributed by atoms with Gasteiger partial charge >= 0.3 is 0 Å². The summed E-state index contributed by atoms with van der Waals surface area (Å²) in [6, 6.07) is 9.43. The van der Waals surface area contributed by atoms with Crippen LogP contribution in [0.2, 0.25) is 0 Å². The molecule has 0 bridgehead atoms. The summed E-state index contributed by atoms with van der Waals surface area (Å²) in [7, 11) is 3.07. The number of methoxy groups -OCH3 is 2. The lowest BCUT2D eigenvalue weighted by molar-refractivity contribution is 0.102. The van der Waals surface area contributed by atoms with Crippen LogP contribution in [-0.4, -0.2) is 25.1 Å². The number of benzene rings is 2. The maximum absolute atomic E-state index is 13.4. The number of anilines is 1. The molecule has 24 heavy (non-hydrogen) atoms. The number of carbonyl (C=O) groups is 1. The third-order valence-corrected chi connectivity index (χ3v) is 3.83. The van der Waals surface area contributed by atoms with Crippen LogP contribution in [0.3, 0.4) is 0 Å². The molecule has 0 aliphatic carbocycles. The van der Waals surface area contributed by atoms with E-state index < -0.39 is 0 Å². The monoisotopic (exact) mass is 328 g/mol. The van der Waals surface area contributed by atoms with Crippen molar-refractivity contribution in [2.75, 3.05) is 19.5 Å². The van der Waals surface area contributed by atoms with Crippen LogP contribution in [-0.2, 0) is 0 Å². The molecule has 124 valence electrons. The van der Waals surface area contributed by atoms with Gasteiger partial charge in [0.2, 0.25) is 0 Å². The second-order valence-corrected chi connectivity index (χ2v) is 5.34. The van der Waals surface area contributed by atoms with E-state index in [-0.39, 0.29) is 11.7 Å². The fourth-order valence-corrected chi connectivity index (χ4v) is 2.69. The molecule has 2 aromatic carbocycles. The molecule has 5 nitrogen and oxygen atoms in total. The van der Waals surface area contributed by atoms with Gasteiger partial charge in [0.25, 0.3) is 5.91 Å². The summed E-state index contributed by atoms with van der Waals surface area (Å²) >= 11 is 0. The quantitative estimate of drug-likeness (QED) is 0.764. The number of hydrogen-bond acceptors (Lipinski definition) is 3. The van der Waals surface area contributed by atoms with Gasteiger partial charge < -0.3 is 19.8 Å². The second-order valence-electron chi connectivity index (χ2n) is 5.34. The first-order valence-electron chi connectivity index (χ1n) is 7.34. The zero-order valence-corrected chi connectivity index (χ0v) is 13.6. The van der Waals surface area contributed by atoms with E-state index in [1.807, 2.05) is 0 Å². The summed E-state index contributed by atoms with van der Waals surface area (Å²) in [6.45, 7) is 1.77. The number of H-pyrrole nitrogens is 1. The molecule has 3 aromatic rings. The van der Waals surface area contributed by atoms with E-state index in [2.05, 4.69) is 10.3 Å². The zero-order chi connectivity index (χ0) is 17.3. The van der Waals surface area contributed by atoms with Gasteiger partial charge in [-0.2, -0.15) is 0 Å². The van der Waals surface area contributed by atoms with Crippen LogP contribution < -0.4 is 14.8 Å². The largest absolute Gasteiger partial charge is 0.497 e. The molecule has 1 aromatic heterocycles. The Kier molecular flexibility index (Phi) is 4.12. The minimum atomic E-state index is -0.356. The highest BCUT2D eigenvalue weighted by Crippen LogP contribution is 2.30. The Hall–Kier alpha value is -3.02. The highest BCUT2D eigenvalue weighted by atomic mass is 19.1. The molecule has 0 radical (unpaired) electrons. The molecule has 0 fully saturated rings. The van der Waals surface area contributed by atoms with E-state index in [1.54, 1.807) is 38.3 Å². The number of aryl methyl sites for hydroxylation is 1. The molecule has 0 aliphatic rings. The fourth-order valence-electron chi connectivity index (χ4n) is 2.69. The van der Waals surface area contributed by atoms with Crippen LogP contribution in [0.5, 0.6) is 11.5 Å². The van der Waals surface area contributed by atoms with Crippen molar-refractivity contribution in [3.8, 4) is 11.5 Å². The number of ether oxygens (including phenoxy) is 2. The molecule has 3 rings (SSSR count). The van der Waals surface area contributed by atoms with Crippen LogP contribution in [0.1, 0.15) is 16.1 Å². The number of nitrogens with one attached hydrogen (secondary N) is 2. The van der Waals surface area contributed by atoms with Gasteiger partial charge in [0.15, 0.2) is 0 Å².